The minimum Gasteiger partial charge on any atom is -0.457 e. The molecule has 3 aromatic rings. The van der Waals surface area contributed by atoms with Gasteiger partial charge in [-0.25, -0.2) is 0 Å². The molecule has 2 aromatic carbocycles. The van der Waals surface area contributed by atoms with Gasteiger partial charge in [-0.05, 0) is 61.4 Å². The van der Waals surface area contributed by atoms with Crippen LogP contribution in [0.15, 0.2) is 81.8 Å². The van der Waals surface area contributed by atoms with Crippen molar-refractivity contribution >= 4 is 41.1 Å². The van der Waals surface area contributed by atoms with Crippen molar-refractivity contribution in [1.82, 2.24) is 4.90 Å². The Balaban J connectivity index is 1.75. The molecule has 0 saturated carbocycles. The van der Waals surface area contributed by atoms with E-state index in [1.807, 2.05) is 36.4 Å². The van der Waals surface area contributed by atoms with Crippen molar-refractivity contribution in [2.75, 3.05) is 0 Å². The van der Waals surface area contributed by atoms with Crippen LogP contribution in [-0.2, 0) is 9.59 Å². The lowest BCUT2D eigenvalue weighted by Crippen LogP contribution is -2.44. The summed E-state index contributed by atoms with van der Waals surface area (Å²) in [6.45, 7) is 3.35. The molecule has 5 nitrogen and oxygen atoms in total. The quantitative estimate of drug-likeness (QED) is 0.313. The first-order valence-electron chi connectivity index (χ1n) is 10.1. The molecule has 0 aliphatic carbocycles. The van der Waals surface area contributed by atoms with Gasteiger partial charge in [-0.3, -0.25) is 14.5 Å². The maximum Gasteiger partial charge on any atom is 0.272 e. The van der Waals surface area contributed by atoms with E-state index in [-0.39, 0.29) is 11.1 Å². The van der Waals surface area contributed by atoms with Crippen LogP contribution in [0, 0.1) is 11.3 Å². The van der Waals surface area contributed by atoms with E-state index in [4.69, 9.17) is 27.6 Å². The van der Waals surface area contributed by atoms with E-state index >= 15 is 0 Å². The van der Waals surface area contributed by atoms with Gasteiger partial charge < -0.3 is 4.42 Å². The van der Waals surface area contributed by atoms with E-state index in [1.165, 1.54) is 0 Å². The number of benzene rings is 2. The lowest BCUT2D eigenvalue weighted by Gasteiger charge is -2.32. The van der Waals surface area contributed by atoms with E-state index in [0.29, 0.717) is 27.1 Å². The van der Waals surface area contributed by atoms with Gasteiger partial charge in [0.15, 0.2) is 0 Å². The summed E-state index contributed by atoms with van der Waals surface area (Å²) in [6.07, 6.45) is 1.55. The van der Waals surface area contributed by atoms with Crippen molar-refractivity contribution in [2.45, 2.75) is 19.9 Å². The Morgan fingerprint density at radius 2 is 1.73 bits per heavy atom. The number of hydrogen-bond acceptors (Lipinski definition) is 4. The van der Waals surface area contributed by atoms with Crippen molar-refractivity contribution in [1.29, 1.82) is 5.26 Å². The molecule has 164 valence electrons. The Labute approximate surface area is 201 Å². The number of furan rings is 1. The smallest absolute Gasteiger partial charge is 0.272 e. The summed E-state index contributed by atoms with van der Waals surface area (Å²) in [4.78, 5) is 27.5. The van der Waals surface area contributed by atoms with E-state index in [1.54, 1.807) is 50.3 Å². The average Bonchev–Trinajstić information content (AvgIpc) is 3.28. The molecule has 4 rings (SSSR count). The highest BCUT2D eigenvalue weighted by Crippen LogP contribution is 2.34. The summed E-state index contributed by atoms with van der Waals surface area (Å²) in [5.74, 6) is -0.154. The Bertz CT molecular complexity index is 1360. The summed E-state index contributed by atoms with van der Waals surface area (Å²) in [7, 11) is 0. The standard InChI is InChI=1S/C26H18Cl2N2O3/c1-15-20(13-19-9-11-24(33-19)18-8-10-22(27)23(28)12-18)25(31)30(26(32)21(15)14-29)16(2)17-6-4-3-5-7-17/h3-13,16H,1-2H3/b20-13+. The highest BCUT2D eigenvalue weighted by molar-refractivity contribution is 6.42. The van der Waals surface area contributed by atoms with Crippen LogP contribution >= 0.6 is 23.2 Å². The van der Waals surface area contributed by atoms with Crippen LogP contribution in [0.4, 0.5) is 0 Å². The third-order valence-corrected chi connectivity index (χ3v) is 6.30. The predicted molar refractivity (Wildman–Crippen MR) is 127 cm³/mol. The highest BCUT2D eigenvalue weighted by Gasteiger charge is 2.38. The zero-order valence-electron chi connectivity index (χ0n) is 17.8. The molecule has 1 aliphatic rings. The van der Waals surface area contributed by atoms with E-state index < -0.39 is 17.9 Å². The SMILES string of the molecule is CC1=C(C#N)C(=O)N(C(C)c2ccccc2)C(=O)/C1=C/c1ccc(-c2ccc(Cl)c(Cl)c2)o1. The fraction of sp³-hybridized carbons (Fsp3) is 0.115. The molecule has 2 amide bonds. The number of imide groups is 1. The number of carbonyl (C=O) groups is 2. The monoisotopic (exact) mass is 476 g/mol. The number of carbonyl (C=O) groups excluding carboxylic acids is 2. The third-order valence-electron chi connectivity index (χ3n) is 5.56. The average molecular weight is 477 g/mol. The molecular weight excluding hydrogens is 459 g/mol. The molecule has 33 heavy (non-hydrogen) atoms. The second-order valence-corrected chi connectivity index (χ2v) is 8.38. The largest absolute Gasteiger partial charge is 0.457 e. The minimum absolute atomic E-state index is 0.0695. The first kappa shape index (κ1) is 22.6. The van der Waals surface area contributed by atoms with E-state index in [9.17, 15) is 14.9 Å². The maximum atomic E-state index is 13.4. The number of nitrogens with zero attached hydrogens (tertiary/aromatic N) is 2. The van der Waals surface area contributed by atoms with Crippen LogP contribution in [0.3, 0.4) is 0 Å². The minimum atomic E-state index is -0.607. The fourth-order valence-electron chi connectivity index (χ4n) is 3.71. The lowest BCUT2D eigenvalue weighted by molar-refractivity contribution is -0.143. The Kier molecular flexibility index (Phi) is 6.24. The zero-order valence-corrected chi connectivity index (χ0v) is 19.3. The molecule has 0 radical (unpaired) electrons. The lowest BCUT2D eigenvalue weighted by atomic mass is 9.92. The summed E-state index contributed by atoms with van der Waals surface area (Å²) in [5.41, 5.74) is 1.99. The molecule has 2 heterocycles. The van der Waals surface area contributed by atoms with Crippen LogP contribution < -0.4 is 0 Å². The highest BCUT2D eigenvalue weighted by atomic mass is 35.5. The molecule has 0 spiro atoms. The molecule has 1 aliphatic heterocycles. The molecular formula is C26H18Cl2N2O3. The van der Waals surface area contributed by atoms with Gasteiger partial charge in [0.25, 0.3) is 11.8 Å². The number of amides is 2. The number of rotatable bonds is 4. The van der Waals surface area contributed by atoms with Gasteiger partial charge in [0.2, 0.25) is 0 Å². The van der Waals surface area contributed by atoms with E-state index in [0.717, 1.165) is 16.0 Å². The molecule has 0 bridgehead atoms. The van der Waals surface area contributed by atoms with Gasteiger partial charge in [0.05, 0.1) is 16.1 Å². The van der Waals surface area contributed by atoms with Gasteiger partial charge in [0, 0.05) is 11.1 Å². The first-order chi connectivity index (χ1) is 15.8. The van der Waals surface area contributed by atoms with Crippen molar-refractivity contribution in [2.24, 2.45) is 0 Å². The molecule has 7 heteroatoms. The molecule has 1 aromatic heterocycles. The maximum absolute atomic E-state index is 13.4. The van der Waals surface area contributed by atoms with Crippen LogP contribution in [0.1, 0.15) is 31.2 Å². The number of hydrogen-bond donors (Lipinski definition) is 0. The molecule has 1 atom stereocenters. The predicted octanol–water partition coefficient (Wildman–Crippen LogP) is 6.61. The van der Waals surface area contributed by atoms with Crippen LogP contribution in [-0.4, -0.2) is 16.7 Å². The second-order valence-electron chi connectivity index (χ2n) is 7.57. The van der Waals surface area contributed by atoms with Crippen LogP contribution in [0.25, 0.3) is 17.4 Å². The van der Waals surface area contributed by atoms with Crippen molar-refractivity contribution in [3.63, 3.8) is 0 Å². The number of halogens is 2. The topological polar surface area (TPSA) is 74.3 Å². The van der Waals surface area contributed by atoms with Crippen LogP contribution in [0.5, 0.6) is 0 Å². The van der Waals surface area contributed by atoms with Crippen LogP contribution in [0.2, 0.25) is 10.0 Å². The number of nitriles is 1. The molecule has 0 fully saturated rings. The summed E-state index contributed by atoms with van der Waals surface area (Å²) in [5, 5.41) is 10.5. The normalized spacial score (nSPS) is 16.3. The van der Waals surface area contributed by atoms with Crippen molar-refractivity contribution < 1.29 is 14.0 Å². The zero-order chi connectivity index (χ0) is 23.7. The van der Waals surface area contributed by atoms with Gasteiger partial charge in [-0.2, -0.15) is 5.26 Å². The second kappa shape index (κ2) is 9.11. The van der Waals surface area contributed by atoms with Gasteiger partial charge in [-0.1, -0.05) is 53.5 Å². The van der Waals surface area contributed by atoms with E-state index in [2.05, 4.69) is 0 Å². The molecule has 0 saturated heterocycles. The van der Waals surface area contributed by atoms with Gasteiger partial charge in [0.1, 0.15) is 23.2 Å². The van der Waals surface area contributed by atoms with Gasteiger partial charge in [-0.15, -0.1) is 0 Å². The summed E-state index contributed by atoms with van der Waals surface area (Å²) in [6, 6.07) is 19.2. The summed E-state index contributed by atoms with van der Waals surface area (Å²) < 4.78 is 5.90. The summed E-state index contributed by atoms with van der Waals surface area (Å²) >= 11 is 12.1. The molecule has 1 unspecified atom stereocenters. The Morgan fingerprint density at radius 3 is 2.39 bits per heavy atom. The third kappa shape index (κ3) is 4.23. The van der Waals surface area contributed by atoms with Crippen molar-refractivity contribution in [3.05, 3.63) is 98.8 Å². The van der Waals surface area contributed by atoms with Crippen molar-refractivity contribution in [3.8, 4) is 17.4 Å². The molecule has 0 N–H and O–H groups in total. The Hall–Kier alpha value is -3.59. The first-order valence-corrected chi connectivity index (χ1v) is 10.9. The fourth-order valence-corrected chi connectivity index (χ4v) is 4.01. The van der Waals surface area contributed by atoms with Gasteiger partial charge >= 0.3 is 0 Å². The Morgan fingerprint density at radius 1 is 1.00 bits per heavy atom.